The number of nitrogens with zero attached hydrogens (tertiary/aromatic N) is 5. The average molecular weight is 417 g/mol. The lowest BCUT2D eigenvalue weighted by Crippen LogP contribution is -2.61. The van der Waals surface area contributed by atoms with E-state index in [9.17, 15) is 9.59 Å². The molecule has 0 aliphatic carbocycles. The van der Waals surface area contributed by atoms with Gasteiger partial charge in [0.25, 0.3) is 5.91 Å². The van der Waals surface area contributed by atoms with Crippen LogP contribution in [0.1, 0.15) is 22.3 Å². The minimum atomic E-state index is -0.690. The third kappa shape index (κ3) is 3.84. The number of amidine groups is 1. The highest BCUT2D eigenvalue weighted by atomic mass is 16.2. The first-order chi connectivity index (χ1) is 14.9. The molecular formula is C23H25N6O2+. The van der Waals surface area contributed by atoms with E-state index >= 15 is 0 Å². The normalized spacial score (nSPS) is 18.7. The number of aliphatic imine (C=N–C) groups is 1. The molecule has 158 valence electrons. The van der Waals surface area contributed by atoms with Gasteiger partial charge in [0.15, 0.2) is 0 Å². The molecule has 1 saturated heterocycles. The second kappa shape index (κ2) is 8.14. The SMILES string of the molecule is Cc1ccc(/C=N/NC2=[N+](Cc3ccccc3C)C3C(=O)N(C)C(=O)N(C)C3=N2)cc1. The van der Waals surface area contributed by atoms with Crippen LogP contribution in [0.15, 0.2) is 58.6 Å². The molecule has 0 aromatic heterocycles. The quantitative estimate of drug-likeness (QED) is 0.470. The molecule has 3 amide bonds. The molecule has 2 aliphatic rings. The number of carbonyl (C=O) groups is 2. The molecule has 2 aromatic carbocycles. The molecule has 8 heteroatoms. The Kier molecular flexibility index (Phi) is 5.37. The first-order valence-corrected chi connectivity index (χ1v) is 10.0. The third-order valence-corrected chi connectivity index (χ3v) is 5.59. The summed E-state index contributed by atoms with van der Waals surface area (Å²) in [5.41, 5.74) is 7.27. The highest BCUT2D eigenvalue weighted by Gasteiger charge is 2.51. The summed E-state index contributed by atoms with van der Waals surface area (Å²) in [6.07, 6.45) is 1.70. The molecule has 2 heterocycles. The van der Waals surface area contributed by atoms with Gasteiger partial charge in [-0.1, -0.05) is 59.1 Å². The number of likely N-dealkylation sites (N-methyl/N-ethyl adjacent to an activating group) is 2. The monoisotopic (exact) mass is 417 g/mol. The summed E-state index contributed by atoms with van der Waals surface area (Å²) in [5, 5.41) is 4.32. The van der Waals surface area contributed by atoms with Crippen LogP contribution in [-0.2, 0) is 11.3 Å². The van der Waals surface area contributed by atoms with Crippen LogP contribution in [0.4, 0.5) is 4.79 Å². The molecule has 1 N–H and O–H groups in total. The number of imide groups is 1. The lowest BCUT2D eigenvalue weighted by Gasteiger charge is -2.31. The summed E-state index contributed by atoms with van der Waals surface area (Å²) < 4.78 is 1.85. The number of nitrogens with one attached hydrogen (secondary N) is 1. The van der Waals surface area contributed by atoms with E-state index in [0.29, 0.717) is 18.3 Å². The van der Waals surface area contributed by atoms with E-state index in [2.05, 4.69) is 15.5 Å². The van der Waals surface area contributed by atoms with Crippen molar-refractivity contribution in [1.29, 1.82) is 0 Å². The summed E-state index contributed by atoms with van der Waals surface area (Å²) in [7, 11) is 3.12. The lowest BCUT2D eigenvalue weighted by molar-refractivity contribution is -0.553. The molecule has 1 fully saturated rings. The summed E-state index contributed by atoms with van der Waals surface area (Å²) in [5.74, 6) is 0.513. The van der Waals surface area contributed by atoms with Crippen molar-refractivity contribution in [2.45, 2.75) is 26.4 Å². The van der Waals surface area contributed by atoms with Crippen LogP contribution >= 0.6 is 0 Å². The van der Waals surface area contributed by atoms with Crippen LogP contribution in [-0.4, -0.2) is 64.5 Å². The van der Waals surface area contributed by atoms with E-state index in [1.54, 1.807) is 13.3 Å². The van der Waals surface area contributed by atoms with Crippen molar-refractivity contribution in [2.24, 2.45) is 10.1 Å². The average Bonchev–Trinajstić information content (AvgIpc) is 3.12. The molecule has 1 atom stereocenters. The van der Waals surface area contributed by atoms with E-state index in [-0.39, 0.29) is 5.91 Å². The Morgan fingerprint density at radius 2 is 1.77 bits per heavy atom. The molecule has 2 aliphatic heterocycles. The van der Waals surface area contributed by atoms with Crippen LogP contribution < -0.4 is 5.43 Å². The number of guanidine groups is 1. The van der Waals surface area contributed by atoms with Gasteiger partial charge >= 0.3 is 12.0 Å². The summed E-state index contributed by atoms with van der Waals surface area (Å²) >= 11 is 0. The number of hydrogen-bond acceptors (Lipinski definition) is 5. The van der Waals surface area contributed by atoms with Crippen LogP contribution in [0.25, 0.3) is 0 Å². The second-order valence-corrected chi connectivity index (χ2v) is 7.77. The van der Waals surface area contributed by atoms with Gasteiger partial charge in [0.1, 0.15) is 0 Å². The maximum absolute atomic E-state index is 13.0. The van der Waals surface area contributed by atoms with Crippen molar-refractivity contribution in [1.82, 2.24) is 15.2 Å². The molecule has 8 nitrogen and oxygen atoms in total. The zero-order valence-corrected chi connectivity index (χ0v) is 18.0. The maximum atomic E-state index is 13.0. The molecule has 0 radical (unpaired) electrons. The standard InChI is InChI=1S/C23H24N6O2/c1-15-9-11-17(12-10-15)13-24-26-22-25-20-19(21(30)28(4)23(31)27(20)3)29(22)14-18-8-6-5-7-16(18)2/h5-13,19H,14H2,1-4H3/p+1/b24-13+. The highest BCUT2D eigenvalue weighted by molar-refractivity contribution is 6.22. The Labute approximate surface area is 181 Å². The third-order valence-electron chi connectivity index (χ3n) is 5.59. The number of rotatable bonds is 4. The minimum Gasteiger partial charge on any atom is -0.270 e. The molecular weight excluding hydrogens is 392 g/mol. The zero-order valence-electron chi connectivity index (χ0n) is 18.0. The van der Waals surface area contributed by atoms with Gasteiger partial charge in [-0.3, -0.25) is 14.6 Å². The molecule has 1 unspecified atom stereocenters. The van der Waals surface area contributed by atoms with Gasteiger partial charge in [-0.2, -0.15) is 5.43 Å². The Hall–Kier alpha value is -3.81. The van der Waals surface area contributed by atoms with Gasteiger partial charge in [-0.25, -0.2) is 9.37 Å². The predicted octanol–water partition coefficient (Wildman–Crippen LogP) is 2.10. The number of hydrazone groups is 1. The summed E-state index contributed by atoms with van der Waals surface area (Å²) in [6.45, 7) is 4.51. The number of aryl methyl sites for hydroxylation is 2. The second-order valence-electron chi connectivity index (χ2n) is 7.77. The van der Waals surface area contributed by atoms with Crippen molar-refractivity contribution >= 4 is 29.9 Å². The van der Waals surface area contributed by atoms with Gasteiger partial charge in [0.05, 0.1) is 12.8 Å². The van der Waals surface area contributed by atoms with E-state index in [1.807, 2.05) is 67.0 Å². The summed E-state index contributed by atoms with van der Waals surface area (Å²) in [4.78, 5) is 32.5. The van der Waals surface area contributed by atoms with Crippen LogP contribution in [0.3, 0.4) is 0 Å². The highest BCUT2D eigenvalue weighted by Crippen LogP contribution is 2.21. The summed E-state index contributed by atoms with van der Waals surface area (Å²) in [6, 6.07) is 14.9. The number of fused-ring (bicyclic) bond motifs is 1. The first-order valence-electron chi connectivity index (χ1n) is 10.0. The topological polar surface area (TPSA) is 80.4 Å². The van der Waals surface area contributed by atoms with Gasteiger partial charge in [0.2, 0.25) is 11.9 Å². The fourth-order valence-corrected chi connectivity index (χ4v) is 3.64. The van der Waals surface area contributed by atoms with Gasteiger partial charge in [-0.05, 0) is 30.5 Å². The maximum Gasteiger partial charge on any atom is 0.414 e. The molecule has 31 heavy (non-hydrogen) atoms. The molecule has 0 spiro atoms. The molecule has 4 rings (SSSR count). The number of hydrogen-bond donors (Lipinski definition) is 1. The van der Waals surface area contributed by atoms with Crippen molar-refractivity contribution in [3.8, 4) is 0 Å². The van der Waals surface area contributed by atoms with E-state index in [4.69, 9.17) is 0 Å². The van der Waals surface area contributed by atoms with Gasteiger partial charge in [-0.15, -0.1) is 5.10 Å². The van der Waals surface area contributed by atoms with Crippen molar-refractivity contribution in [3.63, 3.8) is 0 Å². The van der Waals surface area contributed by atoms with E-state index < -0.39 is 12.1 Å². The van der Waals surface area contributed by atoms with Gasteiger partial charge in [0, 0.05) is 14.1 Å². The van der Waals surface area contributed by atoms with E-state index in [1.165, 1.54) is 17.5 Å². The van der Waals surface area contributed by atoms with E-state index in [0.717, 1.165) is 21.6 Å². The fourth-order valence-electron chi connectivity index (χ4n) is 3.64. The largest absolute Gasteiger partial charge is 0.414 e. The Morgan fingerprint density at radius 3 is 2.48 bits per heavy atom. The predicted molar refractivity (Wildman–Crippen MR) is 119 cm³/mol. The zero-order chi connectivity index (χ0) is 22.1. The van der Waals surface area contributed by atoms with Crippen molar-refractivity contribution in [2.75, 3.05) is 14.1 Å². The van der Waals surface area contributed by atoms with Gasteiger partial charge < -0.3 is 0 Å². The molecule has 0 bridgehead atoms. The number of amides is 3. The Morgan fingerprint density at radius 1 is 1.06 bits per heavy atom. The molecule has 2 aromatic rings. The smallest absolute Gasteiger partial charge is 0.270 e. The number of carbonyl (C=O) groups excluding carboxylic acids is 2. The van der Waals surface area contributed by atoms with Crippen LogP contribution in [0, 0.1) is 13.8 Å². The fraction of sp³-hybridized carbons (Fsp3) is 0.261. The van der Waals surface area contributed by atoms with Crippen LogP contribution in [0.2, 0.25) is 0 Å². The Bertz CT molecular complexity index is 1130. The number of urea groups is 1. The van der Waals surface area contributed by atoms with Crippen LogP contribution in [0.5, 0.6) is 0 Å². The van der Waals surface area contributed by atoms with Crippen molar-refractivity contribution < 1.29 is 14.2 Å². The number of benzene rings is 2. The lowest BCUT2D eigenvalue weighted by atomic mass is 10.1. The first kappa shape index (κ1) is 20.5. The van der Waals surface area contributed by atoms with Crippen molar-refractivity contribution in [3.05, 3.63) is 70.8 Å². The Balaban J connectivity index is 1.69. The minimum absolute atomic E-state index is 0.310. The molecule has 0 saturated carbocycles.